The van der Waals surface area contributed by atoms with E-state index in [1.807, 2.05) is 25.1 Å². The van der Waals surface area contributed by atoms with Crippen molar-refractivity contribution in [2.24, 2.45) is 11.8 Å². The number of piperidine rings is 1. The molecule has 1 aliphatic carbocycles. The third-order valence-corrected chi connectivity index (χ3v) is 6.63. The molecule has 4 rings (SSSR count). The summed E-state index contributed by atoms with van der Waals surface area (Å²) in [5.41, 5.74) is 1.86. The van der Waals surface area contributed by atoms with E-state index < -0.39 is 0 Å². The predicted molar refractivity (Wildman–Crippen MR) is 105 cm³/mol. The van der Waals surface area contributed by atoms with Crippen LogP contribution >= 0.6 is 0 Å². The fourth-order valence-electron chi connectivity index (χ4n) is 5.25. The number of hydrogen-bond donors (Lipinski definition) is 0. The average Bonchev–Trinajstić information content (AvgIpc) is 3.08. The Balaban J connectivity index is 1.52. The molecule has 0 spiro atoms. The fourth-order valence-corrected chi connectivity index (χ4v) is 5.25. The minimum Gasteiger partial charge on any atom is -0.495 e. The lowest BCUT2D eigenvalue weighted by atomic mass is 9.78. The SMILES string of the molecule is COc1ccc(C)cc1N1CC(C(=O)N2CCCC3CCCCC32)CC1=O. The van der Waals surface area contributed by atoms with Crippen molar-refractivity contribution < 1.29 is 14.3 Å². The van der Waals surface area contributed by atoms with Crippen LogP contribution in [-0.4, -0.2) is 43.0 Å². The Morgan fingerprint density at radius 2 is 1.93 bits per heavy atom. The smallest absolute Gasteiger partial charge is 0.228 e. The fraction of sp³-hybridized carbons (Fsp3) is 0.636. The van der Waals surface area contributed by atoms with Gasteiger partial charge in [0.15, 0.2) is 0 Å². The summed E-state index contributed by atoms with van der Waals surface area (Å²) in [5.74, 6) is 1.33. The molecule has 1 aromatic rings. The zero-order chi connectivity index (χ0) is 19.0. The first-order valence-corrected chi connectivity index (χ1v) is 10.3. The monoisotopic (exact) mass is 370 g/mol. The molecule has 5 nitrogen and oxygen atoms in total. The highest BCUT2D eigenvalue weighted by Crippen LogP contribution is 2.38. The second-order valence-electron chi connectivity index (χ2n) is 8.37. The number of anilines is 1. The van der Waals surface area contributed by atoms with Crippen molar-refractivity contribution in [1.29, 1.82) is 0 Å². The first-order chi connectivity index (χ1) is 13.1. The van der Waals surface area contributed by atoms with Crippen LogP contribution in [0.25, 0.3) is 0 Å². The molecule has 1 aromatic carbocycles. The summed E-state index contributed by atoms with van der Waals surface area (Å²) >= 11 is 0. The quantitative estimate of drug-likeness (QED) is 0.818. The van der Waals surface area contributed by atoms with Gasteiger partial charge in [-0.25, -0.2) is 0 Å². The summed E-state index contributed by atoms with van der Waals surface area (Å²) in [6.07, 6.45) is 7.57. The highest BCUT2D eigenvalue weighted by Gasteiger charge is 2.42. The Bertz CT molecular complexity index is 730. The van der Waals surface area contributed by atoms with Crippen LogP contribution < -0.4 is 9.64 Å². The van der Waals surface area contributed by atoms with Crippen LogP contribution in [0.5, 0.6) is 5.75 Å². The van der Waals surface area contributed by atoms with Gasteiger partial charge in [-0.05, 0) is 56.2 Å². The van der Waals surface area contributed by atoms with Crippen LogP contribution in [0, 0.1) is 18.8 Å². The number of carbonyl (C=O) groups excluding carboxylic acids is 2. The molecule has 3 fully saturated rings. The van der Waals surface area contributed by atoms with Crippen LogP contribution in [0.1, 0.15) is 50.5 Å². The minimum atomic E-state index is -0.233. The maximum Gasteiger partial charge on any atom is 0.228 e. The second kappa shape index (κ2) is 7.53. The van der Waals surface area contributed by atoms with Gasteiger partial charge in [0.25, 0.3) is 0 Å². The highest BCUT2D eigenvalue weighted by atomic mass is 16.5. The lowest BCUT2D eigenvalue weighted by Gasteiger charge is -2.45. The molecule has 0 N–H and O–H groups in total. The molecule has 27 heavy (non-hydrogen) atoms. The Labute approximate surface area is 161 Å². The van der Waals surface area contributed by atoms with E-state index in [2.05, 4.69) is 4.90 Å². The van der Waals surface area contributed by atoms with Gasteiger partial charge >= 0.3 is 0 Å². The number of hydrogen-bond acceptors (Lipinski definition) is 3. The number of fused-ring (bicyclic) bond motifs is 1. The van der Waals surface area contributed by atoms with Crippen molar-refractivity contribution in [3.63, 3.8) is 0 Å². The number of likely N-dealkylation sites (tertiary alicyclic amines) is 1. The summed E-state index contributed by atoms with van der Waals surface area (Å²) in [7, 11) is 1.62. The Hall–Kier alpha value is -2.04. The topological polar surface area (TPSA) is 49.9 Å². The van der Waals surface area contributed by atoms with E-state index in [4.69, 9.17) is 4.74 Å². The molecule has 3 unspecified atom stereocenters. The molecule has 2 amide bonds. The largest absolute Gasteiger partial charge is 0.495 e. The average molecular weight is 370 g/mol. The molecule has 2 saturated heterocycles. The number of ether oxygens (including phenoxy) is 1. The van der Waals surface area contributed by atoms with Gasteiger partial charge in [-0.1, -0.05) is 18.9 Å². The molecule has 1 saturated carbocycles. The number of aryl methyl sites for hydroxylation is 1. The Kier molecular flexibility index (Phi) is 5.11. The van der Waals surface area contributed by atoms with Crippen molar-refractivity contribution in [2.75, 3.05) is 25.1 Å². The van der Waals surface area contributed by atoms with Gasteiger partial charge in [0.1, 0.15) is 5.75 Å². The molecule has 0 aromatic heterocycles. The molecule has 0 bridgehead atoms. The first kappa shape index (κ1) is 18.3. The van der Waals surface area contributed by atoms with E-state index in [1.165, 1.54) is 25.7 Å². The Morgan fingerprint density at radius 3 is 2.74 bits per heavy atom. The summed E-state index contributed by atoms with van der Waals surface area (Å²) in [6, 6.07) is 6.24. The van der Waals surface area contributed by atoms with Crippen molar-refractivity contribution in [1.82, 2.24) is 4.90 Å². The van der Waals surface area contributed by atoms with Crippen LogP contribution in [0.2, 0.25) is 0 Å². The van der Waals surface area contributed by atoms with Crippen LogP contribution in [-0.2, 0) is 9.59 Å². The van der Waals surface area contributed by atoms with Crippen LogP contribution in [0.3, 0.4) is 0 Å². The number of carbonyl (C=O) groups is 2. The highest BCUT2D eigenvalue weighted by molar-refractivity contribution is 6.01. The molecule has 5 heteroatoms. The van der Waals surface area contributed by atoms with E-state index in [-0.39, 0.29) is 17.7 Å². The van der Waals surface area contributed by atoms with Gasteiger partial charge < -0.3 is 14.5 Å². The van der Waals surface area contributed by atoms with E-state index >= 15 is 0 Å². The van der Waals surface area contributed by atoms with Crippen molar-refractivity contribution >= 4 is 17.5 Å². The van der Waals surface area contributed by atoms with Gasteiger partial charge in [0, 0.05) is 25.6 Å². The van der Waals surface area contributed by atoms with Gasteiger partial charge in [-0.3, -0.25) is 9.59 Å². The number of benzene rings is 1. The lowest BCUT2D eigenvalue weighted by Crippen LogP contribution is -2.51. The number of nitrogens with zero attached hydrogens (tertiary/aromatic N) is 2. The third kappa shape index (κ3) is 3.44. The minimum absolute atomic E-state index is 0.0226. The lowest BCUT2D eigenvalue weighted by molar-refractivity contribution is -0.142. The number of rotatable bonds is 3. The maximum atomic E-state index is 13.3. The molecule has 3 atom stereocenters. The molecule has 2 heterocycles. The summed E-state index contributed by atoms with van der Waals surface area (Å²) < 4.78 is 5.45. The van der Waals surface area contributed by atoms with Crippen molar-refractivity contribution in [3.8, 4) is 5.75 Å². The number of amides is 2. The predicted octanol–water partition coefficient (Wildman–Crippen LogP) is 3.54. The molecular weight excluding hydrogens is 340 g/mol. The van der Waals surface area contributed by atoms with Gasteiger partial charge in [-0.2, -0.15) is 0 Å². The van der Waals surface area contributed by atoms with E-state index in [1.54, 1.807) is 12.0 Å². The molecule has 3 aliphatic rings. The summed E-state index contributed by atoms with van der Waals surface area (Å²) in [6.45, 7) is 3.33. The van der Waals surface area contributed by atoms with Crippen LogP contribution in [0.15, 0.2) is 18.2 Å². The van der Waals surface area contributed by atoms with Crippen molar-refractivity contribution in [3.05, 3.63) is 23.8 Å². The molecular formula is C22H30N2O3. The van der Waals surface area contributed by atoms with Gasteiger partial charge in [-0.15, -0.1) is 0 Å². The van der Waals surface area contributed by atoms with E-state index in [0.29, 0.717) is 30.7 Å². The van der Waals surface area contributed by atoms with Gasteiger partial charge in [0.2, 0.25) is 11.8 Å². The standard InChI is InChI=1S/C22H30N2O3/c1-15-9-10-20(27-2)19(12-15)24-14-17(13-21(24)25)22(26)23-11-5-7-16-6-3-4-8-18(16)23/h9-10,12,16-18H,3-8,11,13-14H2,1-2H3. The van der Waals surface area contributed by atoms with Crippen molar-refractivity contribution in [2.45, 2.75) is 57.9 Å². The summed E-state index contributed by atoms with van der Waals surface area (Å²) in [4.78, 5) is 29.9. The third-order valence-electron chi connectivity index (χ3n) is 6.63. The normalized spacial score (nSPS) is 28.2. The number of methoxy groups -OCH3 is 1. The molecule has 2 aliphatic heterocycles. The first-order valence-electron chi connectivity index (χ1n) is 10.3. The van der Waals surface area contributed by atoms with Crippen LogP contribution in [0.4, 0.5) is 5.69 Å². The summed E-state index contributed by atoms with van der Waals surface area (Å²) in [5, 5.41) is 0. The van der Waals surface area contributed by atoms with E-state index in [9.17, 15) is 9.59 Å². The molecule has 0 radical (unpaired) electrons. The zero-order valence-electron chi connectivity index (χ0n) is 16.4. The Morgan fingerprint density at radius 1 is 1.15 bits per heavy atom. The molecule has 146 valence electrons. The second-order valence-corrected chi connectivity index (χ2v) is 8.37. The maximum absolute atomic E-state index is 13.3. The zero-order valence-corrected chi connectivity index (χ0v) is 16.4. The van der Waals surface area contributed by atoms with Gasteiger partial charge in [0.05, 0.1) is 18.7 Å². The van der Waals surface area contributed by atoms with E-state index in [0.717, 1.165) is 30.6 Å².